The van der Waals surface area contributed by atoms with Crippen molar-refractivity contribution in [2.45, 2.75) is 19.5 Å². The zero-order chi connectivity index (χ0) is 18.7. The maximum atomic E-state index is 4.90. The Hall–Kier alpha value is -2.09. The third kappa shape index (κ3) is 3.87. The van der Waals surface area contributed by atoms with Crippen molar-refractivity contribution in [1.82, 2.24) is 0 Å². The van der Waals surface area contributed by atoms with Gasteiger partial charge in [-0.05, 0) is 50.2 Å². The molecule has 0 radical (unpaired) electrons. The minimum absolute atomic E-state index is 0. The lowest BCUT2D eigenvalue weighted by Crippen LogP contribution is -3.00. The summed E-state index contributed by atoms with van der Waals surface area (Å²) < 4.78 is 0. The molecule has 3 aromatic carbocycles. The van der Waals surface area contributed by atoms with Gasteiger partial charge in [0.15, 0.2) is 5.66 Å². The van der Waals surface area contributed by atoms with E-state index in [1.54, 1.807) is 0 Å². The average Bonchev–Trinajstić information content (AvgIpc) is 3.07. The first-order valence-electron chi connectivity index (χ1n) is 9.29. The second-order valence-corrected chi connectivity index (χ2v) is 10.7. The smallest absolute Gasteiger partial charge is 0.181 e. The van der Waals surface area contributed by atoms with Crippen LogP contribution in [-0.2, 0) is 0 Å². The van der Waals surface area contributed by atoms with Gasteiger partial charge in [-0.25, -0.2) is 0 Å². The molecule has 4 rings (SSSR count). The van der Waals surface area contributed by atoms with Crippen LogP contribution in [0.1, 0.15) is 13.8 Å². The highest BCUT2D eigenvalue weighted by atomic mass is 79.9. The van der Waals surface area contributed by atoms with Gasteiger partial charge in [-0.1, -0.05) is 54.6 Å². The Morgan fingerprint density at radius 3 is 1.43 bits per heavy atom. The summed E-state index contributed by atoms with van der Waals surface area (Å²) in [5, 5.41) is 4.12. The van der Waals surface area contributed by atoms with Crippen molar-refractivity contribution < 1.29 is 17.0 Å². The molecule has 4 heteroatoms. The molecule has 0 amide bonds. The van der Waals surface area contributed by atoms with Crippen molar-refractivity contribution >= 4 is 35.1 Å². The maximum Gasteiger partial charge on any atom is 0.181 e. The molecule has 1 atom stereocenters. The summed E-state index contributed by atoms with van der Waals surface area (Å²) in [6.45, 7) is 4.19. The SMILES string of the molecule is CC1=NC(C)(C[P+](c2ccccc2)(c2ccccc2)c2ccccc2)N=C1.[Br-]. The predicted molar refractivity (Wildman–Crippen MR) is 120 cm³/mol. The predicted octanol–water partition coefficient (Wildman–Crippen LogP) is 1.25. The Bertz CT molecular complexity index is 875. The van der Waals surface area contributed by atoms with Gasteiger partial charge in [0, 0.05) is 6.21 Å². The molecular weight excluding hydrogens is 427 g/mol. The first-order chi connectivity index (χ1) is 13.1. The van der Waals surface area contributed by atoms with E-state index in [0.717, 1.165) is 11.9 Å². The van der Waals surface area contributed by atoms with Crippen molar-refractivity contribution in [2.24, 2.45) is 9.98 Å². The molecule has 0 saturated heterocycles. The van der Waals surface area contributed by atoms with Crippen LogP contribution in [0.5, 0.6) is 0 Å². The van der Waals surface area contributed by atoms with Crippen LogP contribution in [0.15, 0.2) is 101 Å². The van der Waals surface area contributed by atoms with Crippen molar-refractivity contribution in [2.75, 3.05) is 6.16 Å². The van der Waals surface area contributed by atoms with Gasteiger partial charge in [0.05, 0.1) is 5.71 Å². The summed E-state index contributed by atoms with van der Waals surface area (Å²) in [6, 6.07) is 32.8. The van der Waals surface area contributed by atoms with Gasteiger partial charge in [0.1, 0.15) is 29.3 Å². The molecule has 0 aliphatic carbocycles. The maximum absolute atomic E-state index is 4.90. The minimum atomic E-state index is -1.92. The van der Waals surface area contributed by atoms with Gasteiger partial charge in [-0.2, -0.15) is 0 Å². The van der Waals surface area contributed by atoms with Crippen LogP contribution in [0.25, 0.3) is 0 Å². The van der Waals surface area contributed by atoms with E-state index in [-0.39, 0.29) is 17.0 Å². The standard InChI is InChI=1S/C24H24N2P.BrH/c1-20-18-25-24(2,26-20)19-27(21-12-6-3-7-13-21,22-14-8-4-9-15-22)23-16-10-5-11-17-23;/h3-18H,19H2,1-2H3;1H/q+1;/p-1. The second kappa shape index (κ2) is 8.51. The second-order valence-electron chi connectivity index (χ2n) is 7.20. The van der Waals surface area contributed by atoms with Crippen LogP contribution >= 0.6 is 7.26 Å². The molecule has 3 aromatic rings. The Kier molecular flexibility index (Phi) is 6.27. The first-order valence-corrected chi connectivity index (χ1v) is 11.3. The van der Waals surface area contributed by atoms with Gasteiger partial charge >= 0.3 is 0 Å². The minimum Gasteiger partial charge on any atom is -1.00 e. The molecule has 2 nitrogen and oxygen atoms in total. The van der Waals surface area contributed by atoms with Crippen LogP contribution in [0, 0.1) is 0 Å². The van der Waals surface area contributed by atoms with Crippen LogP contribution in [-0.4, -0.2) is 23.8 Å². The number of hydrogen-bond donors (Lipinski definition) is 0. The normalized spacial score (nSPS) is 18.4. The zero-order valence-corrected chi connectivity index (χ0v) is 18.6. The lowest BCUT2D eigenvalue weighted by molar-refractivity contribution is -0.00000587. The highest BCUT2D eigenvalue weighted by Crippen LogP contribution is 2.58. The molecule has 0 aromatic heterocycles. The molecule has 1 aliphatic rings. The molecule has 0 bridgehead atoms. The number of hydrogen-bond acceptors (Lipinski definition) is 2. The molecule has 0 N–H and O–H groups in total. The van der Waals surface area contributed by atoms with E-state index in [0.29, 0.717) is 0 Å². The zero-order valence-electron chi connectivity index (χ0n) is 16.2. The Labute approximate surface area is 178 Å². The van der Waals surface area contributed by atoms with E-state index in [1.165, 1.54) is 15.9 Å². The molecule has 0 fully saturated rings. The molecule has 1 unspecified atom stereocenters. The lowest BCUT2D eigenvalue weighted by atomic mass is 10.3. The van der Waals surface area contributed by atoms with Crippen LogP contribution in [0.2, 0.25) is 0 Å². The number of benzene rings is 3. The first kappa shape index (κ1) is 20.6. The fourth-order valence-corrected chi connectivity index (χ4v) is 8.50. The van der Waals surface area contributed by atoms with E-state index in [4.69, 9.17) is 9.98 Å². The largest absolute Gasteiger partial charge is 1.00 e. The van der Waals surface area contributed by atoms with Gasteiger partial charge in [0.2, 0.25) is 0 Å². The number of rotatable bonds is 5. The highest BCUT2D eigenvalue weighted by Gasteiger charge is 2.51. The van der Waals surface area contributed by atoms with Crippen LogP contribution in [0.4, 0.5) is 0 Å². The molecule has 142 valence electrons. The third-order valence-electron chi connectivity index (χ3n) is 5.07. The van der Waals surface area contributed by atoms with Crippen molar-refractivity contribution in [3.8, 4) is 0 Å². The topological polar surface area (TPSA) is 24.7 Å². The van der Waals surface area contributed by atoms with E-state index in [2.05, 4.69) is 97.9 Å². The lowest BCUT2D eigenvalue weighted by Gasteiger charge is -2.32. The Morgan fingerprint density at radius 2 is 1.11 bits per heavy atom. The van der Waals surface area contributed by atoms with E-state index in [1.807, 2.05) is 13.1 Å². The molecule has 1 heterocycles. The van der Waals surface area contributed by atoms with E-state index >= 15 is 0 Å². The van der Waals surface area contributed by atoms with Gasteiger partial charge in [-0.3, -0.25) is 9.98 Å². The van der Waals surface area contributed by atoms with E-state index in [9.17, 15) is 0 Å². The third-order valence-corrected chi connectivity index (χ3v) is 9.69. The van der Waals surface area contributed by atoms with Gasteiger partial charge in [-0.15, -0.1) is 0 Å². The average molecular weight is 451 g/mol. The summed E-state index contributed by atoms with van der Waals surface area (Å²) in [4.78, 5) is 9.71. The summed E-state index contributed by atoms with van der Waals surface area (Å²) in [7, 11) is -1.92. The molecule has 0 spiro atoms. The summed E-state index contributed by atoms with van der Waals surface area (Å²) >= 11 is 0. The summed E-state index contributed by atoms with van der Waals surface area (Å²) in [6.07, 6.45) is 2.79. The fraction of sp³-hybridized carbons (Fsp3) is 0.167. The monoisotopic (exact) mass is 450 g/mol. The van der Waals surface area contributed by atoms with Gasteiger partial charge < -0.3 is 17.0 Å². The van der Waals surface area contributed by atoms with Crippen molar-refractivity contribution in [3.63, 3.8) is 0 Å². The fourth-order valence-electron chi connectivity index (χ4n) is 3.96. The molecule has 0 saturated carbocycles. The number of halogens is 1. The molecule has 1 aliphatic heterocycles. The summed E-state index contributed by atoms with van der Waals surface area (Å²) in [5.41, 5.74) is 0.573. The number of aliphatic imine (C=N–C) groups is 2. The van der Waals surface area contributed by atoms with Crippen molar-refractivity contribution in [1.29, 1.82) is 0 Å². The summed E-state index contributed by atoms with van der Waals surface area (Å²) in [5.74, 6) is 0. The van der Waals surface area contributed by atoms with Crippen LogP contribution < -0.4 is 32.9 Å². The highest BCUT2D eigenvalue weighted by molar-refractivity contribution is 7.95. The number of nitrogens with zero attached hydrogens (tertiary/aromatic N) is 2. The van der Waals surface area contributed by atoms with E-state index < -0.39 is 12.9 Å². The molecular formula is C24H24BrN2P. The Morgan fingerprint density at radius 1 is 0.714 bits per heavy atom. The van der Waals surface area contributed by atoms with Crippen molar-refractivity contribution in [3.05, 3.63) is 91.0 Å². The quantitative estimate of drug-likeness (QED) is 0.522. The van der Waals surface area contributed by atoms with Gasteiger partial charge in [0.25, 0.3) is 0 Å². The Balaban J connectivity index is 0.00000225. The van der Waals surface area contributed by atoms with Crippen LogP contribution in [0.3, 0.4) is 0 Å². The molecule has 28 heavy (non-hydrogen) atoms.